The molecule has 0 N–H and O–H groups in total. The van der Waals surface area contributed by atoms with Gasteiger partial charge in [-0.05, 0) is 82.9 Å². The number of hydrogen-bond acceptors (Lipinski definition) is 2. The largest absolute Gasteiger partial charge is 0.311 e. The number of aromatic nitrogens is 1. The average Bonchev–Trinajstić information content (AvgIpc) is 3.76. The van der Waals surface area contributed by atoms with E-state index in [-0.39, 0.29) is 0 Å². The maximum absolute atomic E-state index is 2.46. The summed E-state index contributed by atoms with van der Waals surface area (Å²) in [7, 11) is 0. The molecule has 0 saturated carbocycles. The lowest BCUT2D eigenvalue weighted by Crippen LogP contribution is -2.10. The van der Waals surface area contributed by atoms with Crippen molar-refractivity contribution in [3.63, 3.8) is 0 Å². The maximum atomic E-state index is 2.46. The van der Waals surface area contributed by atoms with E-state index >= 15 is 0 Å². The Morgan fingerprint density at radius 1 is 0.353 bits per heavy atom. The van der Waals surface area contributed by atoms with Crippen LogP contribution in [-0.2, 0) is 0 Å². The second kappa shape index (κ2) is 12.2. The van der Waals surface area contributed by atoms with Crippen molar-refractivity contribution < 1.29 is 0 Å². The molecule has 0 saturated heterocycles. The van der Waals surface area contributed by atoms with Crippen LogP contribution in [0.4, 0.5) is 17.1 Å². The molecule has 0 bridgehead atoms. The first-order valence-corrected chi connectivity index (χ1v) is 18.2. The summed E-state index contributed by atoms with van der Waals surface area (Å²) in [6.07, 6.45) is 0. The van der Waals surface area contributed by atoms with Crippen LogP contribution < -0.4 is 4.90 Å². The van der Waals surface area contributed by atoms with Crippen LogP contribution in [0.25, 0.3) is 69.9 Å². The molecule has 10 aromatic rings. The van der Waals surface area contributed by atoms with Gasteiger partial charge in [-0.2, -0.15) is 0 Å². The number of nitrogens with zero attached hydrogens (tertiary/aromatic N) is 2. The van der Waals surface area contributed by atoms with Gasteiger partial charge in [-0.15, -0.1) is 11.3 Å². The number of rotatable bonds is 6. The summed E-state index contributed by atoms with van der Waals surface area (Å²) >= 11 is 1.89. The van der Waals surface area contributed by atoms with Crippen molar-refractivity contribution in [3.8, 4) is 27.9 Å². The third-order valence-electron chi connectivity index (χ3n) is 10.0. The summed E-state index contributed by atoms with van der Waals surface area (Å²) in [5.74, 6) is 0. The standard InChI is InChI=1S/C48H32N2S/c1-3-11-33(12-4-1)35-19-23-37(24-20-35)49(38-25-21-36(22-26-38)34-13-5-2-6-14-34)39-27-29-40(30-28-39)50-45-17-9-7-15-41(45)43-31-32-44-42-16-8-10-18-46(42)51-48(44)47(43)50/h1-32H. The van der Waals surface area contributed by atoms with Gasteiger partial charge in [-0.25, -0.2) is 0 Å². The van der Waals surface area contributed by atoms with Crippen molar-refractivity contribution in [2.75, 3.05) is 4.90 Å². The molecular formula is C48H32N2S. The van der Waals surface area contributed by atoms with Gasteiger partial charge in [0.05, 0.1) is 15.7 Å². The Kier molecular flexibility index (Phi) is 7.04. The zero-order chi connectivity index (χ0) is 33.7. The summed E-state index contributed by atoms with van der Waals surface area (Å²) < 4.78 is 5.10. The van der Waals surface area contributed by atoms with E-state index in [1.165, 1.54) is 64.2 Å². The first kappa shape index (κ1) is 29.5. The van der Waals surface area contributed by atoms with E-state index in [1.54, 1.807) is 0 Å². The lowest BCUT2D eigenvalue weighted by molar-refractivity contribution is 1.18. The molecule has 0 fully saturated rings. The Morgan fingerprint density at radius 2 is 0.824 bits per heavy atom. The van der Waals surface area contributed by atoms with Gasteiger partial charge in [0.2, 0.25) is 0 Å². The third kappa shape index (κ3) is 5.01. The van der Waals surface area contributed by atoms with Crippen LogP contribution >= 0.6 is 11.3 Å². The minimum absolute atomic E-state index is 1.10. The lowest BCUT2D eigenvalue weighted by Gasteiger charge is -2.26. The molecule has 240 valence electrons. The number of anilines is 3. The molecular weight excluding hydrogens is 637 g/mol. The summed E-state index contributed by atoms with van der Waals surface area (Å²) in [4.78, 5) is 2.35. The van der Waals surface area contributed by atoms with Crippen LogP contribution in [0.15, 0.2) is 194 Å². The first-order chi connectivity index (χ1) is 25.3. The van der Waals surface area contributed by atoms with Gasteiger partial charge in [0, 0.05) is 49.0 Å². The molecule has 2 nitrogen and oxygen atoms in total. The van der Waals surface area contributed by atoms with E-state index in [0.717, 1.165) is 22.7 Å². The Hall–Kier alpha value is -6.42. The Balaban J connectivity index is 1.11. The topological polar surface area (TPSA) is 8.17 Å². The minimum Gasteiger partial charge on any atom is -0.311 e. The summed E-state index contributed by atoms with van der Waals surface area (Å²) in [5, 5.41) is 5.19. The van der Waals surface area contributed by atoms with E-state index in [9.17, 15) is 0 Å². The number of hydrogen-bond donors (Lipinski definition) is 0. The van der Waals surface area contributed by atoms with Crippen LogP contribution in [-0.4, -0.2) is 4.57 Å². The molecule has 2 heterocycles. The molecule has 0 spiro atoms. The van der Waals surface area contributed by atoms with E-state index < -0.39 is 0 Å². The molecule has 2 aromatic heterocycles. The Bertz CT molecular complexity index is 2730. The predicted octanol–water partition coefficient (Wildman–Crippen LogP) is 14.0. The molecule has 8 aromatic carbocycles. The SMILES string of the molecule is c1ccc(-c2ccc(N(c3ccc(-c4ccccc4)cc3)c3ccc(-n4c5ccccc5c5ccc6c7ccccc7sc6c54)cc3)cc2)cc1. The second-order valence-electron chi connectivity index (χ2n) is 13.0. The minimum atomic E-state index is 1.10. The van der Waals surface area contributed by atoms with Gasteiger partial charge < -0.3 is 9.47 Å². The molecule has 51 heavy (non-hydrogen) atoms. The van der Waals surface area contributed by atoms with E-state index in [2.05, 4.69) is 204 Å². The first-order valence-electron chi connectivity index (χ1n) is 17.4. The summed E-state index contributed by atoms with van der Waals surface area (Å²) in [6, 6.07) is 70.2. The van der Waals surface area contributed by atoms with E-state index in [4.69, 9.17) is 0 Å². The number of benzene rings is 8. The van der Waals surface area contributed by atoms with Crippen LogP contribution in [0.2, 0.25) is 0 Å². The van der Waals surface area contributed by atoms with Crippen LogP contribution in [0.3, 0.4) is 0 Å². The Morgan fingerprint density at radius 3 is 1.43 bits per heavy atom. The lowest BCUT2D eigenvalue weighted by atomic mass is 10.0. The van der Waals surface area contributed by atoms with Crippen molar-refractivity contribution in [2.45, 2.75) is 0 Å². The number of fused-ring (bicyclic) bond motifs is 7. The smallest absolute Gasteiger partial charge is 0.0719 e. The maximum Gasteiger partial charge on any atom is 0.0719 e. The highest BCUT2D eigenvalue weighted by Crippen LogP contribution is 2.43. The molecule has 0 unspecified atom stereocenters. The fourth-order valence-electron chi connectivity index (χ4n) is 7.56. The van der Waals surface area contributed by atoms with Gasteiger partial charge in [-0.1, -0.05) is 133 Å². The molecule has 10 rings (SSSR count). The van der Waals surface area contributed by atoms with Gasteiger partial charge in [-0.3, -0.25) is 0 Å². The molecule has 0 atom stereocenters. The number of thiophene rings is 1. The molecule has 0 radical (unpaired) electrons. The summed E-state index contributed by atoms with van der Waals surface area (Å²) in [5.41, 5.74) is 11.8. The van der Waals surface area contributed by atoms with E-state index in [0.29, 0.717) is 0 Å². The van der Waals surface area contributed by atoms with Crippen molar-refractivity contribution >= 4 is 70.4 Å². The predicted molar refractivity (Wildman–Crippen MR) is 219 cm³/mol. The highest BCUT2D eigenvalue weighted by atomic mass is 32.1. The number of para-hydroxylation sites is 1. The Labute approximate surface area is 300 Å². The third-order valence-corrected chi connectivity index (χ3v) is 11.2. The van der Waals surface area contributed by atoms with Crippen LogP contribution in [0.1, 0.15) is 0 Å². The molecule has 3 heteroatoms. The zero-order valence-electron chi connectivity index (χ0n) is 27.8. The van der Waals surface area contributed by atoms with Crippen molar-refractivity contribution in [2.24, 2.45) is 0 Å². The monoisotopic (exact) mass is 668 g/mol. The highest BCUT2D eigenvalue weighted by molar-refractivity contribution is 7.26. The second-order valence-corrected chi connectivity index (χ2v) is 14.0. The highest BCUT2D eigenvalue weighted by Gasteiger charge is 2.19. The summed E-state index contributed by atoms with van der Waals surface area (Å²) in [6.45, 7) is 0. The fraction of sp³-hybridized carbons (Fsp3) is 0. The van der Waals surface area contributed by atoms with Gasteiger partial charge in [0.1, 0.15) is 0 Å². The fourth-order valence-corrected chi connectivity index (χ4v) is 8.80. The molecule has 0 aliphatic heterocycles. The van der Waals surface area contributed by atoms with Crippen molar-refractivity contribution in [1.82, 2.24) is 4.57 Å². The molecule has 0 aliphatic carbocycles. The van der Waals surface area contributed by atoms with Crippen molar-refractivity contribution in [1.29, 1.82) is 0 Å². The zero-order valence-corrected chi connectivity index (χ0v) is 28.6. The van der Waals surface area contributed by atoms with Crippen LogP contribution in [0.5, 0.6) is 0 Å². The molecule has 0 amide bonds. The van der Waals surface area contributed by atoms with Gasteiger partial charge >= 0.3 is 0 Å². The normalized spacial score (nSPS) is 11.5. The molecule has 0 aliphatic rings. The van der Waals surface area contributed by atoms with Gasteiger partial charge in [0.25, 0.3) is 0 Å². The quantitative estimate of drug-likeness (QED) is 0.171. The average molecular weight is 669 g/mol. The van der Waals surface area contributed by atoms with E-state index in [1.807, 2.05) is 11.3 Å². The van der Waals surface area contributed by atoms with Crippen molar-refractivity contribution in [3.05, 3.63) is 194 Å². The van der Waals surface area contributed by atoms with Gasteiger partial charge in [0.15, 0.2) is 0 Å². The van der Waals surface area contributed by atoms with Crippen LogP contribution in [0, 0.1) is 0 Å².